The van der Waals surface area contributed by atoms with Crippen LogP contribution in [0.25, 0.3) is 10.9 Å². The normalized spacial score (nSPS) is 21.5. The SMILES string of the molecule is O=C(c1cccc(Oc2ncccn2)c1)N1[C@H]2CC[C@H]1CC(Cc1cccc3ncccc13)C2. The van der Waals surface area contributed by atoms with Crippen molar-refractivity contribution in [2.24, 2.45) is 5.92 Å². The van der Waals surface area contributed by atoms with E-state index in [1.165, 1.54) is 10.9 Å². The van der Waals surface area contributed by atoms with E-state index in [4.69, 9.17) is 4.74 Å². The molecule has 2 fully saturated rings. The van der Waals surface area contributed by atoms with Crippen LogP contribution in [0.1, 0.15) is 41.6 Å². The number of piperidine rings is 1. The molecule has 4 heterocycles. The van der Waals surface area contributed by atoms with E-state index in [2.05, 4.69) is 44.1 Å². The van der Waals surface area contributed by atoms with Gasteiger partial charge in [0.15, 0.2) is 0 Å². The van der Waals surface area contributed by atoms with E-state index in [1.807, 2.05) is 30.5 Å². The van der Waals surface area contributed by atoms with Gasteiger partial charge in [0.25, 0.3) is 5.91 Å². The Morgan fingerprint density at radius 3 is 2.47 bits per heavy atom. The van der Waals surface area contributed by atoms with Crippen LogP contribution in [0.3, 0.4) is 0 Å². The second-order valence-corrected chi connectivity index (χ2v) is 9.29. The maximum Gasteiger partial charge on any atom is 0.321 e. The van der Waals surface area contributed by atoms with Crippen LogP contribution in [0, 0.1) is 5.92 Å². The molecule has 0 radical (unpaired) electrons. The summed E-state index contributed by atoms with van der Waals surface area (Å²) in [6, 6.07) is 20.5. The van der Waals surface area contributed by atoms with Crippen molar-refractivity contribution in [1.29, 1.82) is 0 Å². The van der Waals surface area contributed by atoms with E-state index in [1.54, 1.807) is 24.5 Å². The van der Waals surface area contributed by atoms with Crippen molar-refractivity contribution in [3.05, 3.63) is 90.4 Å². The number of nitrogens with zero attached hydrogens (tertiary/aromatic N) is 4. The summed E-state index contributed by atoms with van der Waals surface area (Å²) in [5.74, 6) is 1.25. The first kappa shape index (κ1) is 20.8. The summed E-state index contributed by atoms with van der Waals surface area (Å²) in [5.41, 5.74) is 3.07. The predicted octanol–water partition coefficient (Wildman–Crippen LogP) is 5.44. The van der Waals surface area contributed by atoms with Crippen LogP contribution in [0.4, 0.5) is 0 Å². The molecule has 6 rings (SSSR count). The van der Waals surface area contributed by atoms with Crippen LogP contribution in [-0.2, 0) is 6.42 Å². The highest BCUT2D eigenvalue weighted by molar-refractivity contribution is 5.95. The molecule has 1 amide bonds. The van der Waals surface area contributed by atoms with Crippen molar-refractivity contribution in [3.8, 4) is 11.8 Å². The van der Waals surface area contributed by atoms with Crippen LogP contribution in [-0.4, -0.2) is 37.8 Å². The van der Waals surface area contributed by atoms with E-state index >= 15 is 0 Å². The molecule has 0 aliphatic carbocycles. The van der Waals surface area contributed by atoms with Crippen molar-refractivity contribution in [2.75, 3.05) is 0 Å². The number of rotatable bonds is 5. The van der Waals surface area contributed by atoms with Gasteiger partial charge in [-0.3, -0.25) is 9.78 Å². The predicted molar refractivity (Wildman–Crippen MR) is 130 cm³/mol. The molecule has 2 aliphatic heterocycles. The molecule has 0 spiro atoms. The van der Waals surface area contributed by atoms with Gasteiger partial charge in [-0.15, -0.1) is 0 Å². The van der Waals surface area contributed by atoms with Crippen molar-refractivity contribution < 1.29 is 9.53 Å². The van der Waals surface area contributed by atoms with Gasteiger partial charge in [0, 0.05) is 41.6 Å². The Morgan fingerprint density at radius 1 is 0.882 bits per heavy atom. The smallest absolute Gasteiger partial charge is 0.321 e. The number of benzene rings is 2. The molecule has 0 unspecified atom stereocenters. The summed E-state index contributed by atoms with van der Waals surface area (Å²) < 4.78 is 5.75. The van der Waals surface area contributed by atoms with E-state index < -0.39 is 0 Å². The number of fused-ring (bicyclic) bond motifs is 3. The zero-order chi connectivity index (χ0) is 22.9. The Labute approximate surface area is 198 Å². The third-order valence-electron chi connectivity index (χ3n) is 7.14. The molecule has 34 heavy (non-hydrogen) atoms. The Bertz CT molecular complexity index is 1310. The fourth-order valence-corrected chi connectivity index (χ4v) is 5.73. The van der Waals surface area contributed by atoms with E-state index in [0.717, 1.165) is 37.6 Å². The largest absolute Gasteiger partial charge is 0.424 e. The highest BCUT2D eigenvalue weighted by atomic mass is 16.5. The van der Waals surface area contributed by atoms with Crippen LogP contribution in [0.2, 0.25) is 0 Å². The summed E-state index contributed by atoms with van der Waals surface area (Å²) in [6.07, 6.45) is 10.4. The minimum Gasteiger partial charge on any atom is -0.424 e. The lowest BCUT2D eigenvalue weighted by atomic mass is 9.84. The summed E-state index contributed by atoms with van der Waals surface area (Å²) in [6.45, 7) is 0. The summed E-state index contributed by atoms with van der Waals surface area (Å²) in [4.78, 5) is 28.4. The van der Waals surface area contributed by atoms with Gasteiger partial charge in [-0.1, -0.05) is 24.3 Å². The molecule has 2 saturated heterocycles. The lowest BCUT2D eigenvalue weighted by Crippen LogP contribution is -2.46. The first-order valence-electron chi connectivity index (χ1n) is 11.9. The number of hydrogen-bond donors (Lipinski definition) is 0. The van der Waals surface area contributed by atoms with Gasteiger partial charge >= 0.3 is 6.01 Å². The number of pyridine rings is 1. The molecule has 6 nitrogen and oxygen atoms in total. The second-order valence-electron chi connectivity index (χ2n) is 9.29. The maximum atomic E-state index is 13.5. The van der Waals surface area contributed by atoms with E-state index in [9.17, 15) is 4.79 Å². The number of aromatic nitrogens is 3. The van der Waals surface area contributed by atoms with Gasteiger partial charge in [-0.25, -0.2) is 9.97 Å². The molecule has 0 saturated carbocycles. The number of carbonyl (C=O) groups excluding carboxylic acids is 1. The highest BCUT2D eigenvalue weighted by Crippen LogP contribution is 2.41. The average molecular weight is 451 g/mol. The summed E-state index contributed by atoms with van der Waals surface area (Å²) in [7, 11) is 0. The average Bonchev–Trinajstić information content (AvgIpc) is 3.14. The van der Waals surface area contributed by atoms with Crippen LogP contribution in [0.5, 0.6) is 11.8 Å². The fraction of sp³-hybridized carbons (Fsp3) is 0.286. The standard InChI is InChI=1S/C28H26N4O2/c33-27(21-6-1-7-24(18-21)34-28-30-13-4-14-31-28)32-22-10-11-23(32)17-19(16-22)15-20-5-2-9-26-25(20)8-3-12-29-26/h1-9,12-14,18-19,22-23H,10-11,15-17H2/t22-,23-/m0/s1. The maximum absolute atomic E-state index is 13.5. The van der Waals surface area contributed by atoms with Gasteiger partial charge < -0.3 is 9.64 Å². The molecule has 6 heteroatoms. The molecule has 2 atom stereocenters. The zero-order valence-corrected chi connectivity index (χ0v) is 18.9. The lowest BCUT2D eigenvalue weighted by molar-refractivity contribution is 0.0524. The summed E-state index contributed by atoms with van der Waals surface area (Å²) >= 11 is 0. The quantitative estimate of drug-likeness (QED) is 0.405. The Hall–Kier alpha value is -3.80. The van der Waals surface area contributed by atoms with E-state index in [0.29, 0.717) is 29.3 Å². The van der Waals surface area contributed by atoms with Crippen molar-refractivity contribution in [1.82, 2.24) is 19.9 Å². The highest BCUT2D eigenvalue weighted by Gasteiger charge is 2.43. The van der Waals surface area contributed by atoms with Crippen LogP contribution < -0.4 is 4.74 Å². The lowest BCUT2D eigenvalue weighted by Gasteiger charge is -2.39. The molecular weight excluding hydrogens is 424 g/mol. The number of hydrogen-bond acceptors (Lipinski definition) is 5. The molecule has 4 aromatic rings. The van der Waals surface area contributed by atoms with Crippen molar-refractivity contribution in [2.45, 2.75) is 44.2 Å². The minimum absolute atomic E-state index is 0.0970. The Balaban J connectivity index is 1.17. The van der Waals surface area contributed by atoms with Gasteiger partial charge in [0.1, 0.15) is 5.75 Å². The molecule has 2 aromatic heterocycles. The van der Waals surface area contributed by atoms with Crippen LogP contribution >= 0.6 is 0 Å². The van der Waals surface area contributed by atoms with Gasteiger partial charge in [-0.2, -0.15) is 0 Å². The second kappa shape index (κ2) is 8.86. The first-order chi connectivity index (χ1) is 16.7. The third kappa shape index (κ3) is 4.00. The van der Waals surface area contributed by atoms with Crippen molar-refractivity contribution >= 4 is 16.8 Å². The third-order valence-corrected chi connectivity index (χ3v) is 7.14. The molecule has 0 N–H and O–H groups in total. The first-order valence-corrected chi connectivity index (χ1v) is 11.9. The fourth-order valence-electron chi connectivity index (χ4n) is 5.73. The molecular formula is C28H26N4O2. The molecule has 2 aromatic carbocycles. The van der Waals surface area contributed by atoms with Crippen molar-refractivity contribution in [3.63, 3.8) is 0 Å². The summed E-state index contributed by atoms with van der Waals surface area (Å²) in [5, 5.41) is 1.25. The van der Waals surface area contributed by atoms with E-state index in [-0.39, 0.29) is 11.9 Å². The van der Waals surface area contributed by atoms with Gasteiger partial charge in [0.05, 0.1) is 5.52 Å². The molecule has 2 bridgehead atoms. The Kier molecular flexibility index (Phi) is 5.41. The van der Waals surface area contributed by atoms with Gasteiger partial charge in [0.2, 0.25) is 0 Å². The number of amides is 1. The topological polar surface area (TPSA) is 68.2 Å². The monoisotopic (exact) mass is 450 g/mol. The van der Waals surface area contributed by atoms with Crippen LogP contribution in [0.15, 0.2) is 79.3 Å². The molecule has 2 aliphatic rings. The number of ether oxygens (including phenoxy) is 1. The molecule has 170 valence electrons. The minimum atomic E-state index is 0.0970. The Morgan fingerprint density at radius 2 is 1.65 bits per heavy atom. The van der Waals surface area contributed by atoms with Gasteiger partial charge in [-0.05, 0) is 80.0 Å². The zero-order valence-electron chi connectivity index (χ0n) is 18.9. The number of carbonyl (C=O) groups is 1.